The fraction of sp³-hybridized carbons (Fsp3) is 0.222. The lowest BCUT2D eigenvalue weighted by atomic mass is 10.2. The number of carbonyl (C=O) groups is 1. The van der Waals surface area contributed by atoms with Crippen LogP contribution in [0.1, 0.15) is 10.4 Å². The number of hydrogen-bond acceptors (Lipinski definition) is 3. The van der Waals surface area contributed by atoms with Crippen LogP contribution in [0.5, 0.6) is 0 Å². The Kier molecular flexibility index (Phi) is 4.52. The van der Waals surface area contributed by atoms with Gasteiger partial charge in [-0.05, 0) is 20.2 Å². The van der Waals surface area contributed by atoms with Crippen LogP contribution in [0.2, 0.25) is 5.02 Å². The second-order valence-electron chi connectivity index (χ2n) is 3.08. The van der Waals surface area contributed by atoms with Crippen LogP contribution < -0.4 is 4.72 Å². The van der Waals surface area contributed by atoms with Crippen LogP contribution >= 0.6 is 23.7 Å². The van der Waals surface area contributed by atoms with Gasteiger partial charge in [-0.2, -0.15) is 0 Å². The monoisotopic (exact) mass is 266 g/mol. The van der Waals surface area contributed by atoms with Crippen LogP contribution in [0.3, 0.4) is 0 Å². The van der Waals surface area contributed by atoms with Gasteiger partial charge in [0.05, 0.1) is 10.6 Å². The highest BCUT2D eigenvalue weighted by atomic mass is 35.5. The second-order valence-corrected chi connectivity index (χ2v) is 4.61. The summed E-state index contributed by atoms with van der Waals surface area (Å²) in [5.41, 5.74) is -0.291. The van der Waals surface area contributed by atoms with E-state index in [-0.39, 0.29) is 10.6 Å². The number of carbonyl (C=O) groups excluding carboxylic acids is 1. The summed E-state index contributed by atoms with van der Waals surface area (Å²) in [5.74, 6) is -2.51. The third-order valence-corrected chi connectivity index (χ3v) is 2.51. The number of nitrogens with zero attached hydrogens (tertiary/aromatic N) is 1. The molecule has 0 aliphatic carbocycles. The molecule has 0 saturated carbocycles. The molecule has 0 radical (unpaired) electrons. The lowest BCUT2D eigenvalue weighted by Gasteiger charge is -2.09. The summed E-state index contributed by atoms with van der Waals surface area (Å²) in [7, 11) is 3.41. The van der Waals surface area contributed by atoms with E-state index in [0.717, 1.165) is 18.2 Å². The number of hydrogen-bond donors (Lipinski definition) is 1. The molecule has 0 saturated heterocycles. The van der Waals surface area contributed by atoms with Crippen molar-refractivity contribution in [3.05, 3.63) is 34.4 Å². The van der Waals surface area contributed by atoms with Crippen molar-refractivity contribution in [3.63, 3.8) is 0 Å². The van der Waals surface area contributed by atoms with Crippen molar-refractivity contribution in [1.82, 2.24) is 9.03 Å². The Morgan fingerprint density at radius 1 is 1.38 bits per heavy atom. The summed E-state index contributed by atoms with van der Waals surface area (Å²) < 4.78 is 30.0. The molecule has 16 heavy (non-hydrogen) atoms. The first-order chi connectivity index (χ1) is 7.41. The molecule has 1 aromatic rings. The Labute approximate surface area is 101 Å². The van der Waals surface area contributed by atoms with Gasteiger partial charge in [0.25, 0.3) is 5.91 Å². The molecular formula is C9H9ClF2N2OS. The average molecular weight is 267 g/mol. The van der Waals surface area contributed by atoms with Crippen LogP contribution in [0.4, 0.5) is 8.78 Å². The van der Waals surface area contributed by atoms with Crippen molar-refractivity contribution in [1.29, 1.82) is 0 Å². The Hall–Kier alpha value is -0.850. The second kappa shape index (κ2) is 5.47. The van der Waals surface area contributed by atoms with Crippen LogP contribution in [0, 0.1) is 11.6 Å². The van der Waals surface area contributed by atoms with Gasteiger partial charge in [-0.1, -0.05) is 11.6 Å². The lowest BCUT2D eigenvalue weighted by Crippen LogP contribution is -2.21. The van der Waals surface area contributed by atoms with Crippen molar-refractivity contribution in [2.45, 2.75) is 0 Å². The van der Waals surface area contributed by atoms with Crippen molar-refractivity contribution >= 4 is 29.6 Å². The largest absolute Gasteiger partial charge is 0.283 e. The zero-order valence-corrected chi connectivity index (χ0v) is 10.1. The van der Waals surface area contributed by atoms with Gasteiger partial charge < -0.3 is 0 Å². The highest BCUT2D eigenvalue weighted by molar-refractivity contribution is 7.95. The summed E-state index contributed by atoms with van der Waals surface area (Å²) in [5, 5.41) is -0.290. The molecule has 0 aliphatic rings. The van der Waals surface area contributed by atoms with E-state index in [1.165, 1.54) is 0 Å². The average Bonchev–Trinajstić information content (AvgIpc) is 2.20. The standard InChI is InChI=1S/C9H9ClF2N2OS/c1-14(2)16-13-9(15)5-3-6(10)8(12)4-7(5)11/h3-4H,1-2H3,(H,13,15). The smallest absolute Gasteiger partial charge is 0.265 e. The molecule has 1 aromatic carbocycles. The van der Waals surface area contributed by atoms with Crippen LogP contribution in [-0.2, 0) is 0 Å². The van der Waals surface area contributed by atoms with Gasteiger partial charge in [-0.3, -0.25) is 9.52 Å². The molecule has 0 spiro atoms. The van der Waals surface area contributed by atoms with Crippen molar-refractivity contribution in [2.75, 3.05) is 14.1 Å². The van der Waals surface area contributed by atoms with Gasteiger partial charge >= 0.3 is 0 Å². The van der Waals surface area contributed by atoms with Gasteiger partial charge in [0.15, 0.2) is 0 Å². The number of benzene rings is 1. The number of rotatable bonds is 3. The minimum Gasteiger partial charge on any atom is -0.283 e. The fourth-order valence-corrected chi connectivity index (χ4v) is 1.42. The lowest BCUT2D eigenvalue weighted by molar-refractivity contribution is 0.0979. The van der Waals surface area contributed by atoms with E-state index >= 15 is 0 Å². The van der Waals surface area contributed by atoms with Gasteiger partial charge in [-0.25, -0.2) is 13.1 Å². The van der Waals surface area contributed by atoms with E-state index < -0.39 is 17.5 Å². The number of nitrogens with one attached hydrogen (secondary N) is 1. The Bertz CT molecular complexity index is 415. The third-order valence-electron chi connectivity index (χ3n) is 1.58. The first-order valence-corrected chi connectivity index (χ1v) is 5.36. The maximum Gasteiger partial charge on any atom is 0.265 e. The highest BCUT2D eigenvalue weighted by Crippen LogP contribution is 2.19. The molecule has 0 unspecified atom stereocenters. The zero-order valence-electron chi connectivity index (χ0n) is 8.55. The van der Waals surface area contributed by atoms with Crippen molar-refractivity contribution in [2.24, 2.45) is 0 Å². The summed E-state index contributed by atoms with van der Waals surface area (Å²) in [6.45, 7) is 0. The quantitative estimate of drug-likeness (QED) is 0.674. The molecule has 7 heteroatoms. The molecule has 0 atom stereocenters. The Balaban J connectivity index is 2.87. The van der Waals surface area contributed by atoms with Crippen molar-refractivity contribution < 1.29 is 13.6 Å². The zero-order chi connectivity index (χ0) is 12.3. The number of halogens is 3. The molecular weight excluding hydrogens is 258 g/mol. The minimum atomic E-state index is -0.946. The molecule has 0 heterocycles. The van der Waals surface area contributed by atoms with Crippen molar-refractivity contribution in [3.8, 4) is 0 Å². The highest BCUT2D eigenvalue weighted by Gasteiger charge is 2.15. The molecule has 0 fully saturated rings. The molecule has 0 bridgehead atoms. The van der Waals surface area contributed by atoms with Gasteiger partial charge in [0.1, 0.15) is 11.6 Å². The normalized spacial score (nSPS) is 10.6. The molecule has 1 amide bonds. The van der Waals surface area contributed by atoms with Gasteiger partial charge in [-0.15, -0.1) is 0 Å². The molecule has 3 nitrogen and oxygen atoms in total. The van der Waals surface area contributed by atoms with E-state index in [0.29, 0.717) is 6.07 Å². The van der Waals surface area contributed by atoms with Crippen LogP contribution in [0.25, 0.3) is 0 Å². The maximum atomic E-state index is 13.2. The topological polar surface area (TPSA) is 32.3 Å². The minimum absolute atomic E-state index is 0.290. The predicted octanol–water partition coefficient (Wildman–Crippen LogP) is 2.47. The first-order valence-electron chi connectivity index (χ1n) is 4.21. The van der Waals surface area contributed by atoms with Crippen LogP contribution in [-0.4, -0.2) is 24.3 Å². The van der Waals surface area contributed by atoms with E-state index in [1.807, 2.05) is 0 Å². The maximum absolute atomic E-state index is 13.2. The van der Waals surface area contributed by atoms with E-state index in [2.05, 4.69) is 4.72 Å². The summed E-state index contributed by atoms with van der Waals surface area (Å²) in [6.07, 6.45) is 0. The Morgan fingerprint density at radius 2 is 2.00 bits per heavy atom. The van der Waals surface area contributed by atoms with E-state index in [1.54, 1.807) is 18.4 Å². The number of amides is 1. The van der Waals surface area contributed by atoms with Crippen LogP contribution in [0.15, 0.2) is 12.1 Å². The van der Waals surface area contributed by atoms with E-state index in [4.69, 9.17) is 11.6 Å². The molecule has 1 rings (SSSR count). The summed E-state index contributed by atoms with van der Waals surface area (Å²) >= 11 is 6.44. The third kappa shape index (κ3) is 3.33. The SMILES string of the molecule is CN(C)SNC(=O)c1cc(Cl)c(F)cc1F. The molecule has 1 N–H and O–H groups in total. The molecule has 0 aromatic heterocycles. The summed E-state index contributed by atoms with van der Waals surface area (Å²) in [4.78, 5) is 11.5. The summed E-state index contributed by atoms with van der Waals surface area (Å²) in [6, 6.07) is 1.54. The fourth-order valence-electron chi connectivity index (χ4n) is 0.884. The van der Waals surface area contributed by atoms with Gasteiger partial charge in [0.2, 0.25) is 0 Å². The first kappa shape index (κ1) is 13.2. The van der Waals surface area contributed by atoms with E-state index in [9.17, 15) is 13.6 Å². The molecule has 88 valence electrons. The molecule has 0 aliphatic heterocycles. The van der Waals surface area contributed by atoms with Gasteiger partial charge in [0, 0.05) is 18.2 Å². The Morgan fingerprint density at radius 3 is 2.56 bits per heavy atom. The predicted molar refractivity (Wildman–Crippen MR) is 60.1 cm³/mol.